The molecular formula is C15H12ClF3N6O. The van der Waals surface area contributed by atoms with Gasteiger partial charge in [0.05, 0.1) is 6.54 Å². The summed E-state index contributed by atoms with van der Waals surface area (Å²) in [5.74, 6) is -0.227. The van der Waals surface area contributed by atoms with Crippen LogP contribution in [0.1, 0.15) is 12.2 Å². The Balaban J connectivity index is 1.54. The summed E-state index contributed by atoms with van der Waals surface area (Å²) in [7, 11) is 0. The topological polar surface area (TPSA) is 68.4 Å². The summed E-state index contributed by atoms with van der Waals surface area (Å²) in [6.45, 7) is 1.07. The second kappa shape index (κ2) is 6.27. The number of aromatic nitrogens is 5. The highest BCUT2D eigenvalue weighted by Crippen LogP contribution is 2.29. The molecule has 3 aromatic rings. The van der Waals surface area contributed by atoms with Gasteiger partial charge in [0.15, 0.2) is 5.65 Å². The van der Waals surface area contributed by atoms with Crippen LogP contribution in [0.2, 0.25) is 5.02 Å². The standard InChI is InChI=1S/C15H12ClF3N6O/c16-10-7-20-5-3-11(10)26-9-4-6-24(8-9)13-2-1-12-21-22-14(15(17,18)19)25(12)23-13/h1-3,5,7,9H,4,6,8H2. The lowest BCUT2D eigenvalue weighted by atomic mass is 10.3. The molecule has 1 fully saturated rings. The van der Waals surface area contributed by atoms with Crippen LogP contribution in [0.3, 0.4) is 0 Å². The van der Waals surface area contributed by atoms with Crippen molar-refractivity contribution in [2.45, 2.75) is 18.7 Å². The van der Waals surface area contributed by atoms with E-state index >= 15 is 0 Å². The van der Waals surface area contributed by atoms with Crippen LogP contribution in [-0.4, -0.2) is 44.0 Å². The summed E-state index contributed by atoms with van der Waals surface area (Å²) < 4.78 is 45.5. The summed E-state index contributed by atoms with van der Waals surface area (Å²) in [5, 5.41) is 11.1. The van der Waals surface area contributed by atoms with Crippen LogP contribution in [0.5, 0.6) is 5.75 Å². The van der Waals surface area contributed by atoms with E-state index in [1.807, 2.05) is 4.90 Å². The number of fused-ring (bicyclic) bond motifs is 1. The first kappa shape index (κ1) is 16.8. The van der Waals surface area contributed by atoms with Crippen LogP contribution in [0.25, 0.3) is 5.65 Å². The van der Waals surface area contributed by atoms with Crippen molar-refractivity contribution in [3.8, 4) is 5.75 Å². The number of anilines is 1. The van der Waals surface area contributed by atoms with Crippen LogP contribution >= 0.6 is 11.6 Å². The monoisotopic (exact) mass is 384 g/mol. The maximum absolute atomic E-state index is 13.0. The summed E-state index contributed by atoms with van der Waals surface area (Å²) in [6, 6.07) is 4.74. The van der Waals surface area contributed by atoms with E-state index < -0.39 is 12.0 Å². The Bertz CT molecular complexity index is 947. The molecule has 11 heteroatoms. The van der Waals surface area contributed by atoms with E-state index in [2.05, 4.69) is 20.3 Å². The number of ether oxygens (including phenoxy) is 1. The van der Waals surface area contributed by atoms with E-state index in [0.717, 1.165) is 0 Å². The van der Waals surface area contributed by atoms with E-state index in [4.69, 9.17) is 16.3 Å². The van der Waals surface area contributed by atoms with E-state index in [1.165, 1.54) is 12.3 Å². The Morgan fingerprint density at radius 2 is 2.04 bits per heavy atom. The first-order valence-electron chi connectivity index (χ1n) is 7.72. The third kappa shape index (κ3) is 3.12. The molecule has 0 spiro atoms. The molecule has 0 N–H and O–H groups in total. The minimum Gasteiger partial charge on any atom is -0.487 e. The summed E-state index contributed by atoms with van der Waals surface area (Å²) in [6.07, 6.45) is -1.03. The van der Waals surface area contributed by atoms with E-state index in [9.17, 15) is 13.2 Å². The predicted octanol–water partition coefficient (Wildman–Crippen LogP) is 2.85. The lowest BCUT2D eigenvalue weighted by Gasteiger charge is -2.18. The van der Waals surface area contributed by atoms with Crippen molar-refractivity contribution in [1.82, 2.24) is 24.8 Å². The SMILES string of the molecule is FC(F)(F)c1nnc2ccc(N3CCC(Oc4ccncc4Cl)C3)nn12. The second-order valence-corrected chi connectivity index (χ2v) is 6.17. The quantitative estimate of drug-likeness (QED) is 0.691. The zero-order valence-corrected chi connectivity index (χ0v) is 13.9. The van der Waals surface area contributed by atoms with Crippen LogP contribution in [0, 0.1) is 0 Å². The van der Waals surface area contributed by atoms with Crippen molar-refractivity contribution in [3.05, 3.63) is 41.4 Å². The van der Waals surface area contributed by atoms with Gasteiger partial charge in [-0.2, -0.15) is 17.7 Å². The van der Waals surface area contributed by atoms with E-state index in [0.29, 0.717) is 40.6 Å². The first-order valence-corrected chi connectivity index (χ1v) is 8.10. The van der Waals surface area contributed by atoms with E-state index in [1.54, 1.807) is 18.3 Å². The maximum atomic E-state index is 13.0. The van der Waals surface area contributed by atoms with Gasteiger partial charge in [-0.3, -0.25) is 4.98 Å². The third-order valence-corrected chi connectivity index (χ3v) is 4.28. The highest BCUT2D eigenvalue weighted by molar-refractivity contribution is 6.31. The van der Waals surface area contributed by atoms with Crippen LogP contribution in [0.15, 0.2) is 30.6 Å². The Hall–Kier alpha value is -2.62. The van der Waals surface area contributed by atoms with Crippen LogP contribution < -0.4 is 9.64 Å². The van der Waals surface area contributed by atoms with Crippen molar-refractivity contribution in [3.63, 3.8) is 0 Å². The second-order valence-electron chi connectivity index (χ2n) is 5.76. The number of hydrogen-bond acceptors (Lipinski definition) is 6. The first-order chi connectivity index (χ1) is 12.4. The van der Waals surface area contributed by atoms with Crippen LogP contribution in [0.4, 0.5) is 19.0 Å². The molecule has 0 saturated carbocycles. The van der Waals surface area contributed by atoms with Crippen LogP contribution in [-0.2, 0) is 6.18 Å². The van der Waals surface area contributed by atoms with Gasteiger partial charge < -0.3 is 9.64 Å². The van der Waals surface area contributed by atoms with Gasteiger partial charge in [-0.25, -0.2) is 0 Å². The highest BCUT2D eigenvalue weighted by Gasteiger charge is 2.38. The Labute approximate surface area is 150 Å². The van der Waals surface area contributed by atoms with Gasteiger partial charge in [-0.15, -0.1) is 15.3 Å². The average molecular weight is 385 g/mol. The largest absolute Gasteiger partial charge is 0.487 e. The fraction of sp³-hybridized carbons (Fsp3) is 0.333. The minimum absolute atomic E-state index is 0.0386. The summed E-state index contributed by atoms with van der Waals surface area (Å²) in [5.41, 5.74) is 0.0386. The number of pyridine rings is 1. The molecule has 0 aliphatic carbocycles. The number of nitrogens with zero attached hydrogens (tertiary/aromatic N) is 6. The highest BCUT2D eigenvalue weighted by atomic mass is 35.5. The van der Waals surface area contributed by atoms with Crippen molar-refractivity contribution < 1.29 is 17.9 Å². The molecule has 4 rings (SSSR count). The zero-order chi connectivity index (χ0) is 18.3. The van der Waals surface area contributed by atoms with Gasteiger partial charge >= 0.3 is 6.18 Å². The molecule has 1 aliphatic rings. The average Bonchev–Trinajstić information content (AvgIpc) is 3.22. The number of hydrogen-bond donors (Lipinski definition) is 0. The molecule has 1 saturated heterocycles. The van der Waals surface area contributed by atoms with Crippen molar-refractivity contribution in [1.29, 1.82) is 0 Å². The Morgan fingerprint density at radius 1 is 1.19 bits per heavy atom. The Morgan fingerprint density at radius 3 is 2.81 bits per heavy atom. The molecule has 1 aliphatic heterocycles. The maximum Gasteiger partial charge on any atom is 0.453 e. The normalized spacial score (nSPS) is 17.8. The molecule has 0 radical (unpaired) electrons. The third-order valence-electron chi connectivity index (χ3n) is 4.00. The van der Waals surface area contributed by atoms with Crippen molar-refractivity contribution >= 4 is 23.1 Å². The lowest BCUT2D eigenvalue weighted by Crippen LogP contribution is -2.26. The molecule has 0 bridgehead atoms. The molecule has 3 aromatic heterocycles. The smallest absolute Gasteiger partial charge is 0.453 e. The lowest BCUT2D eigenvalue weighted by molar-refractivity contribution is -0.146. The summed E-state index contributed by atoms with van der Waals surface area (Å²) in [4.78, 5) is 5.74. The van der Waals surface area contributed by atoms with Gasteiger partial charge in [0, 0.05) is 31.4 Å². The van der Waals surface area contributed by atoms with Crippen molar-refractivity contribution in [2.75, 3.05) is 18.0 Å². The number of rotatable bonds is 3. The van der Waals surface area contributed by atoms with Gasteiger partial charge in [0.1, 0.15) is 22.7 Å². The molecule has 136 valence electrons. The van der Waals surface area contributed by atoms with E-state index in [-0.39, 0.29) is 11.8 Å². The Kier molecular flexibility index (Phi) is 4.06. The fourth-order valence-electron chi connectivity index (χ4n) is 2.79. The number of halogens is 4. The molecule has 1 unspecified atom stereocenters. The minimum atomic E-state index is -4.63. The molecule has 4 heterocycles. The van der Waals surface area contributed by atoms with Gasteiger partial charge in [0.25, 0.3) is 5.82 Å². The molecular weight excluding hydrogens is 373 g/mol. The van der Waals surface area contributed by atoms with Gasteiger partial charge in [0.2, 0.25) is 0 Å². The number of alkyl halides is 3. The summed E-state index contributed by atoms with van der Waals surface area (Å²) >= 11 is 6.03. The molecule has 26 heavy (non-hydrogen) atoms. The molecule has 1 atom stereocenters. The van der Waals surface area contributed by atoms with Crippen molar-refractivity contribution in [2.24, 2.45) is 0 Å². The van der Waals surface area contributed by atoms with Gasteiger partial charge in [-0.05, 0) is 12.1 Å². The predicted molar refractivity (Wildman–Crippen MR) is 86.3 cm³/mol. The van der Waals surface area contributed by atoms with Gasteiger partial charge in [-0.1, -0.05) is 11.6 Å². The zero-order valence-electron chi connectivity index (χ0n) is 13.2. The molecule has 0 amide bonds. The fourth-order valence-corrected chi connectivity index (χ4v) is 2.96. The molecule has 0 aromatic carbocycles. The molecule has 7 nitrogen and oxygen atoms in total.